The molecule has 47 heavy (non-hydrogen) atoms. The summed E-state index contributed by atoms with van der Waals surface area (Å²) >= 11 is 6.61. The third kappa shape index (κ3) is 6.28. The third-order valence-corrected chi connectivity index (χ3v) is 9.23. The first-order chi connectivity index (χ1) is 22.4. The molecule has 2 bridgehead atoms. The van der Waals surface area contributed by atoms with Crippen molar-refractivity contribution in [2.75, 3.05) is 37.8 Å². The number of benzene rings is 2. The number of pyridine rings is 1. The number of hydrogen-bond acceptors (Lipinski definition) is 9. The van der Waals surface area contributed by atoms with E-state index in [1.165, 1.54) is 0 Å². The molecule has 10 nitrogen and oxygen atoms in total. The molecule has 7 rings (SSSR count). The van der Waals surface area contributed by atoms with E-state index >= 15 is 4.39 Å². The van der Waals surface area contributed by atoms with Crippen LogP contribution in [0.1, 0.15) is 47.5 Å². The Hall–Kier alpha value is -3.80. The molecule has 0 N–H and O–H groups in total. The summed E-state index contributed by atoms with van der Waals surface area (Å²) in [5.41, 5.74) is 0.205. The maximum Gasteiger partial charge on any atom is 0.410 e. The van der Waals surface area contributed by atoms with Gasteiger partial charge in [-0.1, -0.05) is 41.9 Å². The summed E-state index contributed by atoms with van der Waals surface area (Å²) in [6, 6.07) is 11.1. The number of nitrogens with zero attached hydrogens (tertiary/aromatic N) is 5. The van der Waals surface area contributed by atoms with Crippen molar-refractivity contribution in [3.63, 3.8) is 0 Å². The molecular formula is C35H39ClFN5O5. The highest BCUT2D eigenvalue weighted by molar-refractivity contribution is 6.36. The van der Waals surface area contributed by atoms with E-state index in [1.807, 2.05) is 69.9 Å². The highest BCUT2D eigenvalue weighted by atomic mass is 35.5. The van der Waals surface area contributed by atoms with Crippen LogP contribution in [0.15, 0.2) is 42.6 Å². The Kier molecular flexibility index (Phi) is 8.13. The molecule has 3 aliphatic rings. The van der Waals surface area contributed by atoms with E-state index in [2.05, 4.69) is 14.9 Å². The topological polar surface area (TPSA) is 99.1 Å². The van der Waals surface area contributed by atoms with Crippen LogP contribution >= 0.6 is 11.6 Å². The first-order valence-electron chi connectivity index (χ1n) is 16.1. The zero-order chi connectivity index (χ0) is 33.1. The van der Waals surface area contributed by atoms with Crippen LogP contribution in [0.3, 0.4) is 0 Å². The molecule has 2 atom stereocenters. The molecule has 2 aromatic heterocycles. The van der Waals surface area contributed by atoms with Gasteiger partial charge in [0.1, 0.15) is 22.6 Å². The predicted molar refractivity (Wildman–Crippen MR) is 177 cm³/mol. The van der Waals surface area contributed by atoms with Crippen molar-refractivity contribution in [2.24, 2.45) is 5.92 Å². The van der Waals surface area contributed by atoms with Crippen LogP contribution in [-0.4, -0.2) is 82.3 Å². The Morgan fingerprint density at radius 2 is 1.74 bits per heavy atom. The highest BCUT2D eigenvalue weighted by Crippen LogP contribution is 2.39. The molecule has 3 aliphatic heterocycles. The number of amides is 1. The molecule has 0 spiro atoms. The lowest BCUT2D eigenvalue weighted by Crippen LogP contribution is -2.57. The molecule has 1 amide bonds. The Balaban J connectivity index is 1.27. The van der Waals surface area contributed by atoms with E-state index in [9.17, 15) is 4.79 Å². The van der Waals surface area contributed by atoms with Crippen molar-refractivity contribution in [3.8, 4) is 17.3 Å². The molecule has 0 saturated carbocycles. The number of anilines is 1. The highest BCUT2D eigenvalue weighted by Gasteiger charge is 2.45. The fourth-order valence-electron chi connectivity index (χ4n) is 6.71. The zero-order valence-electron chi connectivity index (χ0n) is 27.3. The average molecular weight is 664 g/mol. The monoisotopic (exact) mass is 663 g/mol. The quantitative estimate of drug-likeness (QED) is 0.223. The van der Waals surface area contributed by atoms with Gasteiger partial charge in [0.15, 0.2) is 11.6 Å². The number of piperazine rings is 1. The molecule has 2 aromatic carbocycles. The normalized spacial score (nSPS) is 21.4. The minimum Gasteiger partial charge on any atom is -0.463 e. The van der Waals surface area contributed by atoms with Gasteiger partial charge in [0.05, 0.1) is 37.3 Å². The van der Waals surface area contributed by atoms with Gasteiger partial charge in [-0.2, -0.15) is 9.97 Å². The van der Waals surface area contributed by atoms with E-state index < -0.39 is 17.2 Å². The standard InChI is InChI=1S/C35H39ClFN5O5/c1-34(2,3)47-33(43)42-22-12-13-23(42)16-41(15-22)31-25-14-38-29(24-10-6-8-21-9-7-11-26(36)27(21)24)28(37)30(25)39-32(40-31)44-17-20-18-45-35(4,5)46-19-20/h6-11,14,20,22-23H,12-13,15-19H2,1-5H3/t22-,23+. The second kappa shape index (κ2) is 12.0. The average Bonchev–Trinajstić information content (AvgIpc) is 3.29. The first-order valence-corrected chi connectivity index (χ1v) is 16.5. The first kappa shape index (κ1) is 31.8. The van der Waals surface area contributed by atoms with Crippen LogP contribution in [0.5, 0.6) is 6.01 Å². The number of carbonyl (C=O) groups is 1. The van der Waals surface area contributed by atoms with Gasteiger partial charge in [-0.15, -0.1) is 0 Å². The number of halogens is 2. The lowest BCUT2D eigenvalue weighted by Gasteiger charge is -2.42. The maximum atomic E-state index is 16.7. The number of ether oxygens (including phenoxy) is 4. The lowest BCUT2D eigenvalue weighted by molar-refractivity contribution is -0.264. The molecule has 248 valence electrons. The summed E-state index contributed by atoms with van der Waals surface area (Å²) in [6.45, 7) is 11.5. The summed E-state index contributed by atoms with van der Waals surface area (Å²) in [7, 11) is 0. The fourth-order valence-corrected chi connectivity index (χ4v) is 7.00. The lowest BCUT2D eigenvalue weighted by atomic mass is 10.0. The number of aromatic nitrogens is 3. The van der Waals surface area contributed by atoms with E-state index in [0.29, 0.717) is 53.5 Å². The molecule has 3 fully saturated rings. The van der Waals surface area contributed by atoms with Crippen molar-refractivity contribution < 1.29 is 28.1 Å². The summed E-state index contributed by atoms with van der Waals surface area (Å²) in [6.07, 6.45) is 2.98. The second-order valence-electron chi connectivity index (χ2n) is 14.0. The minimum absolute atomic E-state index is 0.0466. The van der Waals surface area contributed by atoms with Gasteiger partial charge in [-0.05, 0) is 58.9 Å². The van der Waals surface area contributed by atoms with Gasteiger partial charge < -0.3 is 23.8 Å². The number of carbonyl (C=O) groups excluding carboxylic acids is 1. The molecule has 12 heteroatoms. The number of fused-ring (bicyclic) bond motifs is 4. The molecule has 0 radical (unpaired) electrons. The van der Waals surface area contributed by atoms with Crippen molar-refractivity contribution in [3.05, 3.63) is 53.4 Å². The molecule has 5 heterocycles. The van der Waals surface area contributed by atoms with Gasteiger partial charge in [-0.3, -0.25) is 9.88 Å². The van der Waals surface area contributed by atoms with Crippen molar-refractivity contribution in [2.45, 2.75) is 70.9 Å². The maximum absolute atomic E-state index is 16.7. The summed E-state index contributed by atoms with van der Waals surface area (Å²) in [4.78, 5) is 31.1. The van der Waals surface area contributed by atoms with Gasteiger partial charge in [-0.25, -0.2) is 9.18 Å². The summed E-state index contributed by atoms with van der Waals surface area (Å²) in [5, 5.41) is 2.55. The summed E-state index contributed by atoms with van der Waals surface area (Å²) in [5.74, 6) is -0.780. The van der Waals surface area contributed by atoms with Crippen LogP contribution in [-0.2, 0) is 14.2 Å². The SMILES string of the molecule is CC(C)(C)OC(=O)N1[C@@H]2CC[C@H]1CN(c1nc(OCC3COC(C)(C)OC3)nc3c(F)c(-c4cccc5cccc(Cl)c45)ncc13)C2. The van der Waals surface area contributed by atoms with Crippen LogP contribution in [0.2, 0.25) is 5.02 Å². The Labute approximate surface area is 278 Å². The van der Waals surface area contributed by atoms with E-state index in [4.69, 9.17) is 35.5 Å². The Morgan fingerprint density at radius 3 is 2.43 bits per heavy atom. The van der Waals surface area contributed by atoms with Crippen LogP contribution in [0.4, 0.5) is 15.0 Å². The molecule has 0 aliphatic carbocycles. The molecular weight excluding hydrogens is 625 g/mol. The van der Waals surface area contributed by atoms with E-state index in [-0.39, 0.29) is 47.9 Å². The minimum atomic E-state index is -0.652. The largest absolute Gasteiger partial charge is 0.463 e. The van der Waals surface area contributed by atoms with E-state index in [0.717, 1.165) is 18.2 Å². The number of rotatable bonds is 5. The third-order valence-electron chi connectivity index (χ3n) is 8.92. The van der Waals surface area contributed by atoms with Gasteiger partial charge >= 0.3 is 12.1 Å². The smallest absolute Gasteiger partial charge is 0.410 e. The van der Waals surface area contributed by atoms with Crippen molar-refractivity contribution in [1.82, 2.24) is 19.9 Å². The van der Waals surface area contributed by atoms with Crippen molar-refractivity contribution in [1.29, 1.82) is 0 Å². The molecule has 3 saturated heterocycles. The predicted octanol–water partition coefficient (Wildman–Crippen LogP) is 7.00. The molecule has 0 unspecified atom stereocenters. The summed E-state index contributed by atoms with van der Waals surface area (Å²) < 4.78 is 40.2. The van der Waals surface area contributed by atoms with Gasteiger partial charge in [0.25, 0.3) is 0 Å². The Bertz CT molecular complexity index is 1820. The van der Waals surface area contributed by atoms with Crippen LogP contribution in [0.25, 0.3) is 32.9 Å². The Morgan fingerprint density at radius 1 is 1.06 bits per heavy atom. The zero-order valence-corrected chi connectivity index (χ0v) is 28.0. The van der Waals surface area contributed by atoms with Gasteiger partial charge in [0, 0.05) is 41.2 Å². The number of hydrogen-bond donors (Lipinski definition) is 0. The second-order valence-corrected chi connectivity index (χ2v) is 14.4. The van der Waals surface area contributed by atoms with E-state index in [1.54, 1.807) is 12.3 Å². The van der Waals surface area contributed by atoms with Gasteiger partial charge in [0.2, 0.25) is 0 Å². The fraction of sp³-hybridized carbons (Fsp3) is 0.486. The van der Waals surface area contributed by atoms with Crippen LogP contribution in [0, 0.1) is 11.7 Å². The van der Waals surface area contributed by atoms with Crippen molar-refractivity contribution >= 4 is 45.2 Å². The molecule has 4 aromatic rings. The van der Waals surface area contributed by atoms with Crippen LogP contribution < -0.4 is 9.64 Å².